The van der Waals surface area contributed by atoms with Gasteiger partial charge in [-0.2, -0.15) is 0 Å². The Balaban J connectivity index is 1.28. The number of benzene rings is 1. The summed E-state index contributed by atoms with van der Waals surface area (Å²) in [6, 6.07) is 2.76. The molecular formula is C85H131N7O42. The number of carbonyl (C=O) groups excluding carboxylic acids is 17. The summed E-state index contributed by atoms with van der Waals surface area (Å²) in [6.07, 6.45) is -14.0. The van der Waals surface area contributed by atoms with Gasteiger partial charge < -0.3 is 156 Å². The lowest BCUT2D eigenvalue weighted by atomic mass is 9.96. The Hall–Kier alpha value is -10.4. The summed E-state index contributed by atoms with van der Waals surface area (Å²) < 4.78 is 139. The molecule has 3 fully saturated rings. The number of amides is 7. The van der Waals surface area contributed by atoms with Crippen molar-refractivity contribution in [3.63, 3.8) is 0 Å². The van der Waals surface area contributed by atoms with E-state index in [0.29, 0.717) is 18.4 Å². The van der Waals surface area contributed by atoms with E-state index >= 15 is 0 Å². The summed E-state index contributed by atoms with van der Waals surface area (Å²) in [5.41, 5.74) is 0.660. The number of carbonyl (C=O) groups is 17. The highest BCUT2D eigenvalue weighted by molar-refractivity contribution is 5.91. The van der Waals surface area contributed by atoms with Crippen molar-refractivity contribution in [3.8, 4) is 0 Å². The number of rotatable bonds is 67. The number of ether oxygens (including phenoxy) is 25. The highest BCUT2D eigenvalue weighted by atomic mass is 16.7. The normalized spacial score (nSPS) is 21.7. The number of nitrogens with one attached hydrogen (secondary N) is 7. The Bertz CT molecular complexity index is 3790. The van der Waals surface area contributed by atoms with Gasteiger partial charge in [-0.15, -0.1) is 0 Å². The summed E-state index contributed by atoms with van der Waals surface area (Å²) in [5, 5.41) is 18.7. The summed E-state index contributed by atoms with van der Waals surface area (Å²) in [5.74, 6) is -11.4. The minimum Gasteiger partial charge on any atom is -0.463 e. The second-order valence-electron chi connectivity index (χ2n) is 30.1. The molecule has 3 aliphatic rings. The van der Waals surface area contributed by atoms with Crippen LogP contribution in [0.2, 0.25) is 0 Å². The van der Waals surface area contributed by atoms with Crippen molar-refractivity contribution in [2.24, 2.45) is 0 Å². The SMILES string of the molecule is CC(=O)NC1[C@H](OCCOCCOCCOCC(=O)NCCCC[C@H](NC(=O)COCCOCCOCCO[C@@H]2O[C@H](COC(C)=O)[C@H](OC(C)=O)[C@H](OC(C)=O)C2NC(C)=O)C(=O)N[C@@H](CCCCNC(=O)COCCOCCOCCO[C@@H]2O[C@H](COC(C)=O)[C@H](OC(C)=O)[C@H](OC(C)=O)C2NC(C)=O)C(=O)OCc2ccccc2)O[C@H](COC(C)=O)[C@H](OC(C)=O)[C@@H]1OC(C)=O. The second-order valence-corrected chi connectivity index (χ2v) is 30.1. The molecule has 0 bridgehead atoms. The Morgan fingerprint density at radius 3 is 0.888 bits per heavy atom. The van der Waals surface area contributed by atoms with Gasteiger partial charge in [0, 0.05) is 96.2 Å². The monoisotopic (exact) mass is 1920 g/mol. The molecule has 3 unspecified atom stereocenters. The van der Waals surface area contributed by atoms with Crippen LogP contribution >= 0.6 is 0 Å². The van der Waals surface area contributed by atoms with Crippen molar-refractivity contribution in [2.75, 3.05) is 172 Å². The van der Waals surface area contributed by atoms with Crippen LogP contribution in [-0.2, 0) is 207 Å². The Morgan fingerprint density at radius 1 is 0.306 bits per heavy atom. The molecule has 134 heavy (non-hydrogen) atoms. The molecule has 1 aromatic rings. The van der Waals surface area contributed by atoms with Crippen molar-refractivity contribution in [3.05, 3.63) is 35.9 Å². The first-order valence-electron chi connectivity index (χ1n) is 43.6. The lowest BCUT2D eigenvalue weighted by molar-refractivity contribution is -0.279. The van der Waals surface area contributed by atoms with Gasteiger partial charge >= 0.3 is 59.7 Å². The molecule has 0 spiro atoms. The molecule has 3 heterocycles. The van der Waals surface area contributed by atoms with Crippen molar-refractivity contribution in [2.45, 2.75) is 232 Å². The molecule has 4 rings (SSSR count). The fourth-order valence-electron chi connectivity index (χ4n) is 13.1. The lowest BCUT2D eigenvalue weighted by Gasteiger charge is -2.44. The van der Waals surface area contributed by atoms with Gasteiger partial charge in [-0.1, -0.05) is 30.3 Å². The van der Waals surface area contributed by atoms with Crippen LogP contribution in [0.4, 0.5) is 0 Å². The molecule has 49 heteroatoms. The van der Waals surface area contributed by atoms with E-state index in [1.807, 2.05) is 0 Å². The molecule has 49 nitrogen and oxygen atoms in total. The van der Waals surface area contributed by atoms with Crippen molar-refractivity contribution in [1.82, 2.24) is 37.2 Å². The van der Waals surface area contributed by atoms with Crippen LogP contribution in [0.5, 0.6) is 0 Å². The Kier molecular flexibility index (Phi) is 57.9. The largest absolute Gasteiger partial charge is 0.463 e. The van der Waals surface area contributed by atoms with Gasteiger partial charge in [-0.3, -0.25) is 76.7 Å². The zero-order chi connectivity index (χ0) is 98.7. The zero-order valence-corrected chi connectivity index (χ0v) is 77.7. The number of esters is 10. The molecule has 7 amide bonds. The van der Waals surface area contributed by atoms with Gasteiger partial charge in [0.15, 0.2) is 55.5 Å². The number of hydrogen-bond donors (Lipinski definition) is 7. The molecule has 0 aliphatic carbocycles. The van der Waals surface area contributed by atoms with E-state index < -0.39 is 231 Å². The summed E-state index contributed by atoms with van der Waals surface area (Å²) in [7, 11) is 0. The van der Waals surface area contributed by atoms with E-state index in [-0.39, 0.29) is 178 Å². The van der Waals surface area contributed by atoms with Crippen LogP contribution in [0.1, 0.15) is 127 Å². The van der Waals surface area contributed by atoms with Gasteiger partial charge in [-0.25, -0.2) is 4.79 Å². The molecule has 0 aromatic heterocycles. The Labute approximate surface area is 775 Å². The van der Waals surface area contributed by atoms with Crippen LogP contribution in [-0.4, -0.2) is 377 Å². The van der Waals surface area contributed by atoms with Gasteiger partial charge in [0.25, 0.3) is 0 Å². The quantitative estimate of drug-likeness (QED) is 0.0200. The van der Waals surface area contributed by atoms with Gasteiger partial charge in [0.05, 0.1) is 119 Å². The van der Waals surface area contributed by atoms with E-state index in [4.69, 9.17) is 118 Å². The predicted octanol–water partition coefficient (Wildman–Crippen LogP) is -2.56. The fourth-order valence-corrected chi connectivity index (χ4v) is 13.1. The van der Waals surface area contributed by atoms with E-state index in [1.165, 1.54) is 20.8 Å². The molecule has 7 N–H and O–H groups in total. The van der Waals surface area contributed by atoms with Crippen molar-refractivity contribution in [1.29, 1.82) is 0 Å². The Morgan fingerprint density at radius 2 is 0.590 bits per heavy atom. The molecule has 3 saturated heterocycles. The summed E-state index contributed by atoms with van der Waals surface area (Å²) in [6.45, 7) is 11.7. The topological polar surface area (TPSA) is 605 Å². The van der Waals surface area contributed by atoms with Crippen LogP contribution in [0, 0.1) is 0 Å². The highest BCUT2D eigenvalue weighted by Gasteiger charge is 2.55. The van der Waals surface area contributed by atoms with E-state index in [1.54, 1.807) is 30.3 Å². The van der Waals surface area contributed by atoms with E-state index in [2.05, 4.69) is 37.2 Å². The highest BCUT2D eigenvalue weighted by Crippen LogP contribution is 2.32. The van der Waals surface area contributed by atoms with Gasteiger partial charge in [0.2, 0.25) is 41.4 Å². The molecule has 1 aromatic carbocycles. The van der Waals surface area contributed by atoms with Gasteiger partial charge in [0.1, 0.15) is 94.8 Å². The van der Waals surface area contributed by atoms with Crippen LogP contribution in [0.3, 0.4) is 0 Å². The maximum absolute atomic E-state index is 14.4. The first-order valence-corrected chi connectivity index (χ1v) is 43.6. The molecular weight excluding hydrogens is 1790 g/mol. The third kappa shape index (κ3) is 50.3. The number of unbranched alkanes of at least 4 members (excludes halogenated alkanes) is 2. The van der Waals surface area contributed by atoms with Crippen LogP contribution < -0.4 is 37.2 Å². The first kappa shape index (κ1) is 116. The van der Waals surface area contributed by atoms with E-state index in [9.17, 15) is 81.5 Å². The summed E-state index contributed by atoms with van der Waals surface area (Å²) in [4.78, 5) is 212. The fraction of sp³-hybridized carbons (Fsp3) is 0.729. The predicted molar refractivity (Wildman–Crippen MR) is 451 cm³/mol. The second kappa shape index (κ2) is 66.9. The standard InChI is InChI=1S/C85H131N7O42/c1-51(93)88-72-78(129-60(10)102)75(126-57(7)99)66(45-122-54(4)96)132-83(72)119-41-38-113-29-26-110-32-35-116-48-69(105)86-24-18-16-22-64(91-71(107)50-118-37-34-112-28-31-115-40-43-121-85-74(90-53(3)95)80(131-62(12)104)77(128-59(9)101)68(134-85)47-124-56(6)98)81(108)92-65(82(109)125-44-63-20-14-13-15-21-63)23-17-19-25-87-70(106)49-117-36-33-111-27-30-114-39-42-120-84-73(89-52(2)94)79(130-61(11)103)76(127-58(8)100)67(133-84)46-123-55(5)97/h13-15,20-21,64-68,72-80,83-85H,16-19,22-50H2,1-12H3,(H,86,105)(H,87,106)(H,88,93)(H,89,94)(H,90,95)(H,91,107)(H,92,108)/t64-,65-,66+,67+,68+,72?,73?,74?,75-,76-,77-,78+,79+,80+,83+,84+,85+/m0/s1. The molecule has 3 aliphatic heterocycles. The smallest absolute Gasteiger partial charge is 0.328 e. The average Bonchev–Trinajstić information content (AvgIpc) is 0.794. The maximum Gasteiger partial charge on any atom is 0.328 e. The molecule has 0 radical (unpaired) electrons. The summed E-state index contributed by atoms with van der Waals surface area (Å²) >= 11 is 0. The van der Waals surface area contributed by atoms with Gasteiger partial charge in [-0.05, 0) is 44.1 Å². The first-order chi connectivity index (χ1) is 64.0. The van der Waals surface area contributed by atoms with Crippen LogP contribution in [0.25, 0.3) is 0 Å². The molecule has 758 valence electrons. The third-order valence-electron chi connectivity index (χ3n) is 18.6. The zero-order valence-electron chi connectivity index (χ0n) is 77.7. The molecule has 17 atom stereocenters. The average molecular weight is 1920 g/mol. The lowest BCUT2D eigenvalue weighted by Crippen LogP contribution is -2.66. The minimum atomic E-state index is -1.33. The maximum atomic E-state index is 14.4. The molecule has 0 saturated carbocycles. The minimum absolute atomic E-state index is 0.00165. The van der Waals surface area contributed by atoms with Crippen LogP contribution in [0.15, 0.2) is 30.3 Å². The number of hydrogen-bond acceptors (Lipinski definition) is 42. The van der Waals surface area contributed by atoms with Crippen molar-refractivity contribution < 1.29 is 200 Å². The van der Waals surface area contributed by atoms with Crippen molar-refractivity contribution >= 4 is 101 Å². The van der Waals surface area contributed by atoms with E-state index in [0.717, 1.165) is 62.3 Å². The third-order valence-corrected chi connectivity index (χ3v) is 18.6.